The second kappa shape index (κ2) is 5.34. The molecule has 1 atom stereocenters. The Morgan fingerprint density at radius 1 is 1.11 bits per heavy atom. The largest absolute Gasteiger partial charge is 0.320 e. The summed E-state index contributed by atoms with van der Waals surface area (Å²) in [7, 11) is 0. The molecule has 0 aliphatic carbocycles. The van der Waals surface area contributed by atoms with Gasteiger partial charge in [0.25, 0.3) is 0 Å². The Morgan fingerprint density at radius 3 is 2.44 bits per heavy atom. The molecule has 1 unspecified atom stereocenters. The first-order valence-corrected chi connectivity index (χ1v) is 6.31. The molecule has 2 rings (SSSR count). The van der Waals surface area contributed by atoms with Gasteiger partial charge in [-0.1, -0.05) is 33.6 Å². The van der Waals surface area contributed by atoms with E-state index in [-0.39, 0.29) is 5.56 Å². The molecule has 2 N–H and O–H groups in total. The number of nitrogens with two attached hydrogens (primary N) is 1. The van der Waals surface area contributed by atoms with E-state index in [0.717, 1.165) is 0 Å². The van der Waals surface area contributed by atoms with Crippen LogP contribution in [0.5, 0.6) is 0 Å². The molecule has 2 aromatic rings. The molecule has 1 nitrogen and oxygen atoms in total. The highest BCUT2D eigenvalue weighted by Gasteiger charge is 2.15. The summed E-state index contributed by atoms with van der Waals surface area (Å²) >= 11 is 8.84. The number of rotatable bonds is 2. The van der Waals surface area contributed by atoms with Gasteiger partial charge in [-0.05, 0) is 35.9 Å². The quantitative estimate of drug-likeness (QED) is 0.865. The molecule has 0 saturated carbocycles. The van der Waals surface area contributed by atoms with E-state index in [1.165, 1.54) is 24.3 Å². The van der Waals surface area contributed by atoms with Gasteiger partial charge in [-0.25, -0.2) is 8.78 Å². The number of benzene rings is 2. The zero-order valence-corrected chi connectivity index (χ0v) is 11.5. The molecule has 0 radical (unpaired) electrons. The Kier molecular flexibility index (Phi) is 4.00. The lowest BCUT2D eigenvalue weighted by atomic mass is 9.99. The minimum Gasteiger partial charge on any atom is -0.320 e. The van der Waals surface area contributed by atoms with Crippen molar-refractivity contribution in [3.05, 3.63) is 68.7 Å². The molecule has 2 aromatic carbocycles. The third-order valence-corrected chi connectivity index (χ3v) is 3.23. The highest BCUT2D eigenvalue weighted by molar-refractivity contribution is 9.10. The third-order valence-electron chi connectivity index (χ3n) is 2.54. The van der Waals surface area contributed by atoms with Crippen molar-refractivity contribution in [2.75, 3.05) is 0 Å². The monoisotopic (exact) mass is 331 g/mol. The fourth-order valence-electron chi connectivity index (χ4n) is 1.69. The van der Waals surface area contributed by atoms with Gasteiger partial charge in [0.2, 0.25) is 0 Å². The van der Waals surface area contributed by atoms with Crippen LogP contribution in [0.15, 0.2) is 40.9 Å². The number of halogens is 4. The molecule has 0 aliphatic heterocycles. The van der Waals surface area contributed by atoms with Gasteiger partial charge in [-0.3, -0.25) is 0 Å². The van der Waals surface area contributed by atoms with E-state index in [2.05, 4.69) is 15.9 Å². The van der Waals surface area contributed by atoms with Crippen LogP contribution < -0.4 is 5.73 Å². The Hall–Kier alpha value is -0.970. The van der Waals surface area contributed by atoms with Gasteiger partial charge in [0.15, 0.2) is 0 Å². The first-order chi connectivity index (χ1) is 8.47. The predicted octanol–water partition coefficient (Wildman–Crippen LogP) is 4.43. The summed E-state index contributed by atoms with van der Waals surface area (Å²) in [5.41, 5.74) is 6.70. The van der Waals surface area contributed by atoms with Crippen LogP contribution in [-0.4, -0.2) is 0 Å². The van der Waals surface area contributed by atoms with Crippen molar-refractivity contribution in [3.8, 4) is 0 Å². The van der Waals surface area contributed by atoms with Crippen LogP contribution in [0.25, 0.3) is 0 Å². The summed E-state index contributed by atoms with van der Waals surface area (Å²) in [6.45, 7) is 0. The molecule has 5 heteroatoms. The summed E-state index contributed by atoms with van der Waals surface area (Å²) < 4.78 is 27.5. The summed E-state index contributed by atoms with van der Waals surface area (Å²) in [5.74, 6) is -0.931. The molecule has 0 spiro atoms. The van der Waals surface area contributed by atoms with Crippen molar-refractivity contribution in [3.63, 3.8) is 0 Å². The Labute approximate surface area is 117 Å². The van der Waals surface area contributed by atoms with Crippen molar-refractivity contribution in [1.29, 1.82) is 0 Å². The standard InChI is InChI=1S/C13H9BrClF2N/c14-8-3-7(4-10(16)5-8)13(18)11-2-1-9(15)6-12(11)17/h1-6,13H,18H2. The minimum atomic E-state index is -0.741. The van der Waals surface area contributed by atoms with Gasteiger partial charge in [0.1, 0.15) is 11.6 Å². The lowest BCUT2D eigenvalue weighted by Gasteiger charge is -2.14. The fourth-order valence-corrected chi connectivity index (χ4v) is 2.33. The third kappa shape index (κ3) is 2.88. The lowest BCUT2D eigenvalue weighted by Crippen LogP contribution is -2.14. The average molecular weight is 333 g/mol. The van der Waals surface area contributed by atoms with Gasteiger partial charge < -0.3 is 5.73 Å². The van der Waals surface area contributed by atoms with E-state index >= 15 is 0 Å². The van der Waals surface area contributed by atoms with Crippen molar-refractivity contribution in [2.45, 2.75) is 6.04 Å². The van der Waals surface area contributed by atoms with Gasteiger partial charge in [0, 0.05) is 15.1 Å². The molecule has 0 fully saturated rings. The molecule has 0 saturated heterocycles. The van der Waals surface area contributed by atoms with Crippen LogP contribution in [0.3, 0.4) is 0 Å². The molecule has 0 aliphatic rings. The summed E-state index contributed by atoms with van der Waals surface area (Å²) in [5, 5.41) is 0.295. The molecule has 0 aromatic heterocycles. The summed E-state index contributed by atoms with van der Waals surface area (Å²) in [4.78, 5) is 0. The second-order valence-electron chi connectivity index (χ2n) is 3.85. The maximum Gasteiger partial charge on any atom is 0.129 e. The molecule has 0 amide bonds. The second-order valence-corrected chi connectivity index (χ2v) is 5.20. The van der Waals surface area contributed by atoms with Gasteiger partial charge >= 0.3 is 0 Å². The topological polar surface area (TPSA) is 26.0 Å². The summed E-state index contributed by atoms with van der Waals surface area (Å²) in [6, 6.07) is 7.74. The molecule has 18 heavy (non-hydrogen) atoms. The van der Waals surface area contributed by atoms with Gasteiger partial charge in [0.05, 0.1) is 6.04 Å². The van der Waals surface area contributed by atoms with E-state index in [0.29, 0.717) is 15.1 Å². The molecule has 94 valence electrons. The van der Waals surface area contributed by atoms with Crippen molar-refractivity contribution in [2.24, 2.45) is 5.73 Å². The van der Waals surface area contributed by atoms with Crippen LogP contribution in [0.4, 0.5) is 8.78 Å². The zero-order chi connectivity index (χ0) is 13.3. The Morgan fingerprint density at radius 2 is 1.83 bits per heavy atom. The van der Waals surface area contributed by atoms with Crippen LogP contribution in [0.2, 0.25) is 5.02 Å². The molecular weight excluding hydrogens is 324 g/mol. The van der Waals surface area contributed by atoms with Gasteiger partial charge in [-0.15, -0.1) is 0 Å². The van der Waals surface area contributed by atoms with E-state index in [1.807, 2.05) is 0 Å². The normalized spacial score (nSPS) is 12.5. The summed E-state index contributed by atoms with van der Waals surface area (Å²) in [6.07, 6.45) is 0. The van der Waals surface area contributed by atoms with Crippen LogP contribution in [-0.2, 0) is 0 Å². The first-order valence-electron chi connectivity index (χ1n) is 5.14. The van der Waals surface area contributed by atoms with Crippen molar-refractivity contribution < 1.29 is 8.78 Å². The van der Waals surface area contributed by atoms with E-state index < -0.39 is 17.7 Å². The van der Waals surface area contributed by atoms with Crippen LogP contribution >= 0.6 is 27.5 Å². The smallest absolute Gasteiger partial charge is 0.129 e. The number of hydrogen-bond acceptors (Lipinski definition) is 1. The van der Waals surface area contributed by atoms with E-state index in [1.54, 1.807) is 12.1 Å². The maximum absolute atomic E-state index is 13.7. The lowest BCUT2D eigenvalue weighted by molar-refractivity contribution is 0.595. The number of hydrogen-bond donors (Lipinski definition) is 1. The maximum atomic E-state index is 13.7. The predicted molar refractivity (Wildman–Crippen MR) is 71.5 cm³/mol. The van der Waals surface area contributed by atoms with Crippen LogP contribution in [0.1, 0.15) is 17.2 Å². The molecule has 0 bridgehead atoms. The van der Waals surface area contributed by atoms with Crippen molar-refractivity contribution >= 4 is 27.5 Å². The fraction of sp³-hybridized carbons (Fsp3) is 0.0769. The van der Waals surface area contributed by atoms with E-state index in [4.69, 9.17) is 17.3 Å². The first kappa shape index (κ1) is 13.5. The molecule has 0 heterocycles. The van der Waals surface area contributed by atoms with Crippen LogP contribution in [0, 0.1) is 11.6 Å². The SMILES string of the molecule is NC(c1cc(F)cc(Br)c1)c1ccc(Cl)cc1F. The Bertz CT molecular complexity index is 569. The van der Waals surface area contributed by atoms with E-state index in [9.17, 15) is 8.78 Å². The van der Waals surface area contributed by atoms with Crippen molar-refractivity contribution in [1.82, 2.24) is 0 Å². The average Bonchev–Trinajstić information content (AvgIpc) is 2.26. The highest BCUT2D eigenvalue weighted by atomic mass is 79.9. The van der Waals surface area contributed by atoms with Gasteiger partial charge in [-0.2, -0.15) is 0 Å². The minimum absolute atomic E-state index is 0.275. The highest BCUT2D eigenvalue weighted by Crippen LogP contribution is 2.27. The zero-order valence-electron chi connectivity index (χ0n) is 9.13. The Balaban J connectivity index is 2.44. The molecular formula is C13H9BrClF2N.